The lowest BCUT2D eigenvalue weighted by molar-refractivity contribution is -0.276. The molecule has 154 valence electrons. The molecule has 1 fully saturated rings. The van der Waals surface area contributed by atoms with Crippen molar-refractivity contribution >= 4 is 33.3 Å². The van der Waals surface area contributed by atoms with Gasteiger partial charge in [-0.15, -0.1) is 0 Å². The number of rotatable bonds is 4. The van der Waals surface area contributed by atoms with Crippen LogP contribution in [0.3, 0.4) is 0 Å². The number of carboxylic acids is 1. The first-order chi connectivity index (χ1) is 12.9. The monoisotopic (exact) mass is 433 g/mol. The molecule has 0 aromatic heterocycles. The molecule has 0 saturated carbocycles. The van der Waals surface area contributed by atoms with Crippen molar-refractivity contribution < 1.29 is 32.2 Å². The summed E-state index contributed by atoms with van der Waals surface area (Å²) in [5, 5.41) is 8.14. The lowest BCUT2D eigenvalue weighted by atomic mass is 9.90. The van der Waals surface area contributed by atoms with E-state index in [0.29, 0.717) is 13.2 Å². The van der Waals surface area contributed by atoms with E-state index in [9.17, 15) is 22.7 Å². The van der Waals surface area contributed by atoms with E-state index in [1.165, 1.54) is 12.1 Å². The Hall–Kier alpha value is -1.68. The molecule has 1 atom stereocenters. The molecule has 1 spiro atoms. The smallest absolute Gasteiger partial charge is 0.332 e. The second kappa shape index (κ2) is 7.29. The maximum absolute atomic E-state index is 13.2. The Morgan fingerprint density at radius 2 is 1.96 bits per heavy atom. The zero-order chi connectivity index (χ0) is 20.7. The molecule has 7 nitrogen and oxygen atoms in total. The largest absolute Gasteiger partial charge is 0.478 e. The lowest BCUT2D eigenvalue weighted by Crippen LogP contribution is -2.50. The average Bonchev–Trinajstić information content (AvgIpc) is 2.60. The second-order valence-corrected chi connectivity index (χ2v) is 10.0. The first kappa shape index (κ1) is 21.0. The standard InChI is InChI=1S/C18H21ClFNO6S/c1-17(2)9-26-18(27-10-17)6-5-15(12(8-18)16(22)23)28(24,25)21-14-4-3-11(20)7-13(14)19/h3-4,7-8,15,21H,5-6,9-10H2,1-2H3,(H,22,23). The van der Waals surface area contributed by atoms with Crippen molar-refractivity contribution in [3.05, 3.63) is 40.7 Å². The molecule has 2 aliphatic rings. The number of anilines is 1. The van der Waals surface area contributed by atoms with E-state index in [0.717, 1.165) is 12.1 Å². The van der Waals surface area contributed by atoms with Crippen molar-refractivity contribution in [2.45, 2.75) is 37.7 Å². The summed E-state index contributed by atoms with van der Waals surface area (Å²) >= 11 is 5.88. The van der Waals surface area contributed by atoms with Gasteiger partial charge in [-0.2, -0.15) is 0 Å². The van der Waals surface area contributed by atoms with Crippen LogP contribution < -0.4 is 4.72 Å². The van der Waals surface area contributed by atoms with Crippen LogP contribution in [0.2, 0.25) is 5.02 Å². The summed E-state index contributed by atoms with van der Waals surface area (Å²) in [7, 11) is -4.16. The molecule has 0 amide bonds. The second-order valence-electron chi connectivity index (χ2n) is 7.76. The Balaban J connectivity index is 1.89. The van der Waals surface area contributed by atoms with E-state index in [2.05, 4.69) is 4.72 Å². The molecular weight excluding hydrogens is 413 g/mol. The Morgan fingerprint density at radius 3 is 2.54 bits per heavy atom. The summed E-state index contributed by atoms with van der Waals surface area (Å²) in [4.78, 5) is 11.8. The summed E-state index contributed by atoms with van der Waals surface area (Å²) in [5.41, 5.74) is -0.580. The van der Waals surface area contributed by atoms with Crippen LogP contribution in [0.15, 0.2) is 29.8 Å². The Kier molecular flexibility index (Phi) is 5.48. The topological polar surface area (TPSA) is 102 Å². The summed E-state index contributed by atoms with van der Waals surface area (Å²) < 4.78 is 52.7. The molecule has 1 aromatic carbocycles. The van der Waals surface area contributed by atoms with Gasteiger partial charge in [-0.3, -0.25) is 4.72 Å². The van der Waals surface area contributed by atoms with Crippen molar-refractivity contribution in [3.8, 4) is 0 Å². The van der Waals surface area contributed by atoms with Gasteiger partial charge >= 0.3 is 5.97 Å². The predicted octanol–water partition coefficient (Wildman–Crippen LogP) is 3.16. The molecule has 28 heavy (non-hydrogen) atoms. The van der Waals surface area contributed by atoms with Gasteiger partial charge in [-0.25, -0.2) is 17.6 Å². The maximum Gasteiger partial charge on any atom is 0.332 e. The first-order valence-electron chi connectivity index (χ1n) is 8.64. The van der Waals surface area contributed by atoms with E-state index in [1.807, 2.05) is 13.8 Å². The van der Waals surface area contributed by atoms with E-state index in [1.54, 1.807) is 0 Å². The Bertz CT molecular complexity index is 920. The summed E-state index contributed by atoms with van der Waals surface area (Å²) in [6, 6.07) is 3.20. The van der Waals surface area contributed by atoms with Gasteiger partial charge in [0.2, 0.25) is 10.0 Å². The van der Waals surface area contributed by atoms with Crippen molar-refractivity contribution in [2.75, 3.05) is 17.9 Å². The highest BCUT2D eigenvalue weighted by atomic mass is 35.5. The number of ether oxygens (including phenoxy) is 2. The Labute approximate surface area is 167 Å². The van der Waals surface area contributed by atoms with E-state index >= 15 is 0 Å². The zero-order valence-electron chi connectivity index (χ0n) is 15.4. The lowest BCUT2D eigenvalue weighted by Gasteiger charge is -2.44. The quantitative estimate of drug-likeness (QED) is 0.756. The van der Waals surface area contributed by atoms with Crippen LogP contribution in [0.25, 0.3) is 0 Å². The molecule has 1 unspecified atom stereocenters. The van der Waals surface area contributed by atoms with Gasteiger partial charge in [0.15, 0.2) is 5.79 Å². The third-order valence-electron chi connectivity index (χ3n) is 4.70. The summed E-state index contributed by atoms with van der Waals surface area (Å²) in [5.74, 6) is -3.24. The molecule has 0 radical (unpaired) electrons. The minimum atomic E-state index is -4.16. The molecule has 1 aromatic rings. The molecule has 1 aliphatic heterocycles. The van der Waals surface area contributed by atoms with Gasteiger partial charge in [0.1, 0.15) is 11.1 Å². The zero-order valence-corrected chi connectivity index (χ0v) is 16.9. The van der Waals surface area contributed by atoms with Crippen molar-refractivity contribution in [1.82, 2.24) is 0 Å². The van der Waals surface area contributed by atoms with Gasteiger partial charge in [0.25, 0.3) is 0 Å². The molecule has 1 heterocycles. The average molecular weight is 434 g/mol. The number of hydrogen-bond acceptors (Lipinski definition) is 5. The van der Waals surface area contributed by atoms with Gasteiger partial charge in [0.05, 0.1) is 29.5 Å². The molecule has 2 N–H and O–H groups in total. The third-order valence-corrected chi connectivity index (χ3v) is 6.75. The number of benzene rings is 1. The molecule has 10 heteroatoms. The predicted molar refractivity (Wildman–Crippen MR) is 101 cm³/mol. The number of sulfonamides is 1. The molecule has 1 aliphatic carbocycles. The fourth-order valence-electron chi connectivity index (χ4n) is 3.15. The highest BCUT2D eigenvalue weighted by Gasteiger charge is 2.47. The van der Waals surface area contributed by atoms with Crippen LogP contribution in [0, 0.1) is 11.2 Å². The van der Waals surface area contributed by atoms with Crippen LogP contribution in [0.4, 0.5) is 10.1 Å². The summed E-state index contributed by atoms with van der Waals surface area (Å²) in [6.45, 7) is 4.62. The van der Waals surface area contributed by atoms with Gasteiger partial charge < -0.3 is 14.6 Å². The fourth-order valence-corrected chi connectivity index (χ4v) is 4.98. The van der Waals surface area contributed by atoms with Crippen LogP contribution in [-0.2, 0) is 24.3 Å². The number of halogens is 2. The van der Waals surface area contributed by atoms with Crippen LogP contribution >= 0.6 is 11.6 Å². The fraction of sp³-hybridized carbons (Fsp3) is 0.500. The van der Waals surface area contributed by atoms with Crippen molar-refractivity contribution in [1.29, 1.82) is 0 Å². The third kappa shape index (κ3) is 4.32. The van der Waals surface area contributed by atoms with Gasteiger partial charge in [0, 0.05) is 11.8 Å². The minimum Gasteiger partial charge on any atom is -0.478 e. The van der Waals surface area contributed by atoms with E-state index in [-0.39, 0.29) is 34.5 Å². The first-order valence-corrected chi connectivity index (χ1v) is 10.6. The highest BCUT2D eigenvalue weighted by molar-refractivity contribution is 7.93. The molecular formula is C18H21ClFNO6S. The molecule has 0 bridgehead atoms. The number of aliphatic carboxylic acids is 1. The minimum absolute atomic E-state index is 0.0211. The molecule has 3 rings (SSSR count). The number of hydrogen-bond donors (Lipinski definition) is 2. The van der Waals surface area contributed by atoms with Crippen LogP contribution in [-0.4, -0.2) is 43.7 Å². The van der Waals surface area contributed by atoms with Crippen molar-refractivity contribution in [3.63, 3.8) is 0 Å². The SMILES string of the molecule is CC1(C)COC2(C=C(C(=O)O)C(S(=O)(=O)Nc3ccc(F)cc3Cl)CC2)OC1. The van der Waals surface area contributed by atoms with E-state index < -0.39 is 32.8 Å². The van der Waals surface area contributed by atoms with Gasteiger partial charge in [-0.05, 0) is 30.7 Å². The summed E-state index contributed by atoms with van der Waals surface area (Å²) in [6.07, 6.45) is 1.40. The normalized spacial score (nSPS) is 23.9. The van der Waals surface area contributed by atoms with Crippen molar-refractivity contribution in [2.24, 2.45) is 5.41 Å². The number of carbonyl (C=O) groups is 1. The van der Waals surface area contributed by atoms with Crippen LogP contribution in [0.1, 0.15) is 26.7 Å². The molecule has 1 saturated heterocycles. The number of carboxylic acid groups (broad SMARTS) is 1. The van der Waals surface area contributed by atoms with Crippen LogP contribution in [0.5, 0.6) is 0 Å². The van der Waals surface area contributed by atoms with E-state index in [4.69, 9.17) is 21.1 Å². The number of nitrogens with one attached hydrogen (secondary N) is 1. The maximum atomic E-state index is 13.2. The van der Waals surface area contributed by atoms with Gasteiger partial charge in [-0.1, -0.05) is 25.4 Å². The Morgan fingerprint density at radius 1 is 1.32 bits per heavy atom. The highest BCUT2D eigenvalue weighted by Crippen LogP contribution is 2.40.